The van der Waals surface area contributed by atoms with Crippen molar-refractivity contribution in [2.45, 2.75) is 37.2 Å². The molecule has 0 saturated heterocycles. The van der Waals surface area contributed by atoms with Gasteiger partial charge in [-0.1, -0.05) is 23.7 Å². The van der Waals surface area contributed by atoms with Gasteiger partial charge in [0.2, 0.25) is 0 Å². The Balaban J connectivity index is 2.29. The Morgan fingerprint density at radius 1 is 1.20 bits per heavy atom. The molecule has 0 N–H and O–H groups in total. The second kappa shape index (κ2) is 7.40. The average Bonchev–Trinajstić information content (AvgIpc) is 2.46. The lowest BCUT2D eigenvalue weighted by Crippen LogP contribution is -2.54. The molecular weight excluding hydrogens is 381 g/mol. The van der Waals surface area contributed by atoms with E-state index in [1.807, 2.05) is 0 Å². The summed E-state index contributed by atoms with van der Waals surface area (Å²) in [5, 5.41) is 0.271. The van der Waals surface area contributed by atoms with Gasteiger partial charge in [-0.25, -0.2) is 0 Å². The predicted octanol–water partition coefficient (Wildman–Crippen LogP) is 3.23. The molecule has 0 spiro atoms. The summed E-state index contributed by atoms with van der Waals surface area (Å²) in [5.74, 6) is 0. The minimum Gasteiger partial charge on any atom is -0.381 e. The number of ether oxygens (including phenoxy) is 1. The predicted molar refractivity (Wildman–Crippen MR) is 88.5 cm³/mol. The quantitative estimate of drug-likeness (QED) is 0.736. The van der Waals surface area contributed by atoms with Gasteiger partial charge in [0.05, 0.1) is 6.10 Å². The van der Waals surface area contributed by atoms with Crippen LogP contribution in [0.25, 0.3) is 0 Å². The molecule has 10 heteroatoms. The standard InChI is InChI=1S/C15H20ClF3N2O3S/c1-20(12-8-13(9-12)24-3)25(22,23)21(2)14(15(17,18)19)10-4-6-11(16)7-5-10/h4-7,12-14H,8-9H2,1-3H3/t12?,13?,14-/m1/s1. The molecule has 1 aromatic rings. The molecule has 5 nitrogen and oxygen atoms in total. The topological polar surface area (TPSA) is 49.9 Å². The van der Waals surface area contributed by atoms with Crippen molar-refractivity contribution in [3.05, 3.63) is 34.9 Å². The number of hydrogen-bond donors (Lipinski definition) is 0. The lowest BCUT2D eigenvalue weighted by Gasteiger charge is -2.42. The number of rotatable bonds is 6. The highest BCUT2D eigenvalue weighted by atomic mass is 35.5. The van der Waals surface area contributed by atoms with E-state index in [-0.39, 0.29) is 22.7 Å². The molecule has 0 unspecified atom stereocenters. The Hall–Kier alpha value is -0.870. The van der Waals surface area contributed by atoms with Gasteiger partial charge in [-0.2, -0.15) is 30.2 Å². The fourth-order valence-corrected chi connectivity index (χ4v) is 4.39. The average molecular weight is 401 g/mol. The highest BCUT2D eigenvalue weighted by Gasteiger charge is 2.49. The third-order valence-corrected chi connectivity index (χ3v) is 6.72. The van der Waals surface area contributed by atoms with Crippen LogP contribution in [0, 0.1) is 0 Å². The SMILES string of the molecule is COC1CC(N(C)S(=O)(=O)N(C)[C@H](c2ccc(Cl)cc2)C(F)(F)F)C1. The van der Waals surface area contributed by atoms with Crippen molar-refractivity contribution in [1.82, 2.24) is 8.61 Å². The molecule has 1 atom stereocenters. The van der Waals surface area contributed by atoms with Gasteiger partial charge >= 0.3 is 6.18 Å². The van der Waals surface area contributed by atoms with Crippen LogP contribution >= 0.6 is 11.6 Å². The van der Waals surface area contributed by atoms with E-state index < -0.39 is 22.4 Å². The summed E-state index contributed by atoms with van der Waals surface area (Å²) in [6.07, 6.45) is -3.93. The number of alkyl halides is 3. The Morgan fingerprint density at radius 2 is 1.72 bits per heavy atom. The summed E-state index contributed by atoms with van der Waals surface area (Å²) in [5.41, 5.74) is -0.195. The third kappa shape index (κ3) is 4.28. The van der Waals surface area contributed by atoms with Crippen molar-refractivity contribution in [1.29, 1.82) is 0 Å². The largest absolute Gasteiger partial charge is 0.409 e. The normalized spacial score (nSPS) is 22.9. The van der Waals surface area contributed by atoms with Crippen LogP contribution in [0.2, 0.25) is 5.02 Å². The number of nitrogens with zero attached hydrogens (tertiary/aromatic N) is 2. The maximum atomic E-state index is 13.6. The monoisotopic (exact) mass is 400 g/mol. The van der Waals surface area contributed by atoms with E-state index in [4.69, 9.17) is 16.3 Å². The molecule has 25 heavy (non-hydrogen) atoms. The Kier molecular flexibility index (Phi) is 6.05. The number of benzene rings is 1. The molecule has 0 bridgehead atoms. The maximum absolute atomic E-state index is 13.6. The first-order valence-electron chi connectivity index (χ1n) is 7.54. The fraction of sp³-hybridized carbons (Fsp3) is 0.600. The van der Waals surface area contributed by atoms with E-state index in [2.05, 4.69) is 0 Å². The first kappa shape index (κ1) is 20.4. The molecule has 0 radical (unpaired) electrons. The molecule has 1 aromatic carbocycles. The van der Waals surface area contributed by atoms with Crippen LogP contribution in [0.4, 0.5) is 13.2 Å². The van der Waals surface area contributed by atoms with Crippen LogP contribution in [0.5, 0.6) is 0 Å². The van der Waals surface area contributed by atoms with Gasteiger partial charge in [0, 0.05) is 32.3 Å². The van der Waals surface area contributed by atoms with Crippen molar-refractivity contribution in [2.24, 2.45) is 0 Å². The summed E-state index contributed by atoms with van der Waals surface area (Å²) in [7, 11) is -0.573. The minimum atomic E-state index is -4.77. The van der Waals surface area contributed by atoms with Crippen LogP contribution in [0.3, 0.4) is 0 Å². The number of hydrogen-bond acceptors (Lipinski definition) is 3. The molecule has 1 saturated carbocycles. The summed E-state index contributed by atoms with van der Waals surface area (Å²) < 4.78 is 72.5. The zero-order valence-corrected chi connectivity index (χ0v) is 15.6. The van der Waals surface area contributed by atoms with Crippen LogP contribution in [0.1, 0.15) is 24.4 Å². The summed E-state index contributed by atoms with van der Waals surface area (Å²) in [4.78, 5) is 0. The van der Waals surface area contributed by atoms with Gasteiger partial charge in [-0.15, -0.1) is 0 Å². The first-order chi connectivity index (χ1) is 11.5. The molecular formula is C15H20ClF3N2O3S. The minimum absolute atomic E-state index is 0.0670. The molecule has 0 heterocycles. The van der Waals surface area contributed by atoms with Crippen LogP contribution in [0.15, 0.2) is 24.3 Å². The van der Waals surface area contributed by atoms with Crippen molar-refractivity contribution >= 4 is 21.8 Å². The Bertz CT molecular complexity index is 691. The zero-order valence-electron chi connectivity index (χ0n) is 14.0. The van der Waals surface area contributed by atoms with Gasteiger partial charge in [-0.05, 0) is 30.5 Å². The molecule has 1 aliphatic carbocycles. The van der Waals surface area contributed by atoms with E-state index in [1.165, 1.54) is 38.4 Å². The van der Waals surface area contributed by atoms with E-state index in [1.54, 1.807) is 0 Å². The third-order valence-electron chi connectivity index (χ3n) is 4.50. The fourth-order valence-electron chi connectivity index (χ4n) is 2.80. The first-order valence-corrected chi connectivity index (χ1v) is 9.32. The van der Waals surface area contributed by atoms with E-state index >= 15 is 0 Å². The number of halogens is 4. The second-order valence-electron chi connectivity index (χ2n) is 6.02. The molecule has 0 aliphatic heterocycles. The molecule has 1 aliphatic rings. The van der Waals surface area contributed by atoms with Crippen molar-refractivity contribution in [3.63, 3.8) is 0 Å². The Labute approximate surface area is 150 Å². The smallest absolute Gasteiger partial charge is 0.381 e. The van der Waals surface area contributed by atoms with Gasteiger partial charge in [0.1, 0.15) is 6.04 Å². The van der Waals surface area contributed by atoms with Crippen molar-refractivity contribution in [2.75, 3.05) is 21.2 Å². The van der Waals surface area contributed by atoms with Crippen molar-refractivity contribution in [3.8, 4) is 0 Å². The van der Waals surface area contributed by atoms with E-state index in [0.717, 1.165) is 11.4 Å². The zero-order chi connectivity index (χ0) is 19.0. The highest BCUT2D eigenvalue weighted by Crippen LogP contribution is 2.40. The summed E-state index contributed by atoms with van der Waals surface area (Å²) in [6, 6.07) is 2.28. The molecule has 2 rings (SSSR count). The van der Waals surface area contributed by atoms with E-state index in [9.17, 15) is 21.6 Å². The molecule has 1 fully saturated rings. The van der Waals surface area contributed by atoms with E-state index in [0.29, 0.717) is 17.1 Å². The molecule has 0 aromatic heterocycles. The van der Waals surface area contributed by atoms with Gasteiger partial charge < -0.3 is 4.74 Å². The van der Waals surface area contributed by atoms with Gasteiger partial charge in [0.15, 0.2) is 0 Å². The van der Waals surface area contributed by atoms with Crippen LogP contribution in [-0.2, 0) is 14.9 Å². The van der Waals surface area contributed by atoms with Crippen LogP contribution < -0.4 is 0 Å². The van der Waals surface area contributed by atoms with Crippen molar-refractivity contribution < 1.29 is 26.3 Å². The molecule has 142 valence electrons. The maximum Gasteiger partial charge on any atom is 0.409 e. The summed E-state index contributed by atoms with van der Waals surface area (Å²) in [6.45, 7) is 0. The van der Waals surface area contributed by atoms with Crippen LogP contribution in [-0.4, -0.2) is 56.6 Å². The highest BCUT2D eigenvalue weighted by molar-refractivity contribution is 7.86. The Morgan fingerprint density at radius 3 is 2.16 bits per heavy atom. The lowest BCUT2D eigenvalue weighted by molar-refractivity contribution is -0.171. The number of methoxy groups -OCH3 is 1. The summed E-state index contributed by atoms with van der Waals surface area (Å²) >= 11 is 5.71. The second-order valence-corrected chi connectivity index (χ2v) is 8.50. The molecule has 0 amide bonds. The lowest BCUT2D eigenvalue weighted by atomic mass is 9.89. The van der Waals surface area contributed by atoms with Gasteiger partial charge in [0.25, 0.3) is 10.2 Å². The van der Waals surface area contributed by atoms with Gasteiger partial charge in [-0.3, -0.25) is 0 Å².